The number of hydrogen-bond acceptors (Lipinski definition) is 3. The smallest absolute Gasteiger partial charge is 0.224 e. The number of para-hydroxylation sites is 1. The molecule has 112 valence electrons. The van der Waals surface area contributed by atoms with Gasteiger partial charge in [-0.15, -0.1) is 0 Å². The lowest BCUT2D eigenvalue weighted by atomic mass is 10.00. The number of fused-ring (bicyclic) bond motifs is 1. The van der Waals surface area contributed by atoms with Crippen LogP contribution >= 0.6 is 0 Å². The number of rotatable bonds is 5. The van der Waals surface area contributed by atoms with E-state index in [1.165, 1.54) is 0 Å². The Bertz CT molecular complexity index is 637. The molecule has 21 heavy (non-hydrogen) atoms. The highest BCUT2D eigenvalue weighted by Gasteiger charge is 2.39. The van der Waals surface area contributed by atoms with E-state index >= 15 is 0 Å². The average molecular weight is 287 g/mol. The van der Waals surface area contributed by atoms with Crippen LogP contribution in [0.5, 0.6) is 0 Å². The van der Waals surface area contributed by atoms with Crippen molar-refractivity contribution in [2.24, 2.45) is 5.73 Å². The summed E-state index contributed by atoms with van der Waals surface area (Å²) in [6.45, 7) is 1.34. The van der Waals surface area contributed by atoms with Crippen LogP contribution in [0.3, 0.4) is 0 Å². The second-order valence-electron chi connectivity index (χ2n) is 5.54. The number of carbonyl (C=O) groups is 1. The highest BCUT2D eigenvalue weighted by atomic mass is 16.5. The van der Waals surface area contributed by atoms with Gasteiger partial charge < -0.3 is 20.4 Å². The number of amides is 1. The number of nitrogens with zero attached hydrogens (tertiary/aromatic N) is 1. The fourth-order valence-electron chi connectivity index (χ4n) is 3.20. The summed E-state index contributed by atoms with van der Waals surface area (Å²) >= 11 is 0. The molecular formula is C16H21N3O2. The molecule has 2 atom stereocenters. The van der Waals surface area contributed by atoms with Crippen molar-refractivity contribution >= 4 is 16.8 Å². The number of nitrogens with two attached hydrogens (primary N) is 1. The molecule has 0 radical (unpaired) electrons. The van der Waals surface area contributed by atoms with Crippen molar-refractivity contribution in [2.75, 3.05) is 20.3 Å². The Kier molecular flexibility index (Phi) is 3.94. The number of benzene rings is 1. The molecule has 2 heterocycles. The first kappa shape index (κ1) is 14.1. The van der Waals surface area contributed by atoms with Crippen molar-refractivity contribution in [3.05, 3.63) is 36.0 Å². The highest BCUT2D eigenvalue weighted by molar-refractivity contribution is 5.86. The second kappa shape index (κ2) is 5.87. The van der Waals surface area contributed by atoms with Gasteiger partial charge in [-0.25, -0.2) is 0 Å². The highest BCUT2D eigenvalue weighted by Crippen LogP contribution is 2.36. The van der Waals surface area contributed by atoms with Crippen LogP contribution in [0.4, 0.5) is 0 Å². The largest absolute Gasteiger partial charge is 0.385 e. The van der Waals surface area contributed by atoms with E-state index in [0.717, 1.165) is 22.9 Å². The maximum Gasteiger partial charge on any atom is 0.224 e. The zero-order valence-corrected chi connectivity index (χ0v) is 12.2. The molecule has 1 saturated heterocycles. The van der Waals surface area contributed by atoms with Gasteiger partial charge in [0.05, 0.1) is 6.04 Å². The first-order chi connectivity index (χ1) is 10.2. The maximum absolute atomic E-state index is 12.2. The molecule has 3 N–H and O–H groups in total. The Balaban J connectivity index is 1.92. The Morgan fingerprint density at radius 1 is 1.43 bits per heavy atom. The number of carbonyl (C=O) groups excluding carboxylic acids is 1. The fraction of sp³-hybridized carbons (Fsp3) is 0.438. The Morgan fingerprint density at radius 3 is 3.05 bits per heavy atom. The van der Waals surface area contributed by atoms with Crippen LogP contribution in [0, 0.1) is 0 Å². The van der Waals surface area contributed by atoms with Crippen molar-refractivity contribution in [2.45, 2.75) is 24.9 Å². The molecule has 3 rings (SSSR count). The van der Waals surface area contributed by atoms with E-state index < -0.39 is 0 Å². The second-order valence-corrected chi connectivity index (χ2v) is 5.54. The normalized spacial score (nSPS) is 22.4. The molecule has 0 spiro atoms. The monoisotopic (exact) mass is 287 g/mol. The lowest BCUT2D eigenvalue weighted by Gasteiger charge is -2.26. The predicted octanol–water partition coefficient (Wildman–Crippen LogP) is 1.81. The molecule has 1 amide bonds. The van der Waals surface area contributed by atoms with Crippen molar-refractivity contribution in [1.82, 2.24) is 9.88 Å². The van der Waals surface area contributed by atoms with Crippen LogP contribution < -0.4 is 5.73 Å². The molecule has 0 saturated carbocycles. The summed E-state index contributed by atoms with van der Waals surface area (Å²) in [6.07, 6.45) is 3.22. The van der Waals surface area contributed by atoms with E-state index in [9.17, 15) is 4.79 Å². The molecule has 0 aliphatic carbocycles. The van der Waals surface area contributed by atoms with E-state index in [-0.39, 0.29) is 18.0 Å². The third-order valence-corrected chi connectivity index (χ3v) is 4.16. The predicted molar refractivity (Wildman–Crippen MR) is 81.8 cm³/mol. The summed E-state index contributed by atoms with van der Waals surface area (Å²) in [5, 5.41) is 1.14. The van der Waals surface area contributed by atoms with Gasteiger partial charge in [-0.3, -0.25) is 4.79 Å². The summed E-state index contributed by atoms with van der Waals surface area (Å²) in [5.41, 5.74) is 8.43. The zero-order valence-electron chi connectivity index (χ0n) is 12.2. The van der Waals surface area contributed by atoms with E-state index in [1.807, 2.05) is 29.3 Å². The molecular weight excluding hydrogens is 266 g/mol. The summed E-state index contributed by atoms with van der Waals surface area (Å²) in [5.74, 6) is 0.133. The van der Waals surface area contributed by atoms with Crippen molar-refractivity contribution in [3.63, 3.8) is 0 Å². The minimum Gasteiger partial charge on any atom is -0.385 e. The minimum atomic E-state index is -0.153. The number of nitrogens with one attached hydrogen (secondary N) is 1. The Labute approximate surface area is 124 Å². The van der Waals surface area contributed by atoms with Gasteiger partial charge >= 0.3 is 0 Å². The topological polar surface area (TPSA) is 71.3 Å². The quantitative estimate of drug-likeness (QED) is 0.824. The third-order valence-electron chi connectivity index (χ3n) is 4.16. The number of methoxy groups -OCH3 is 1. The van der Waals surface area contributed by atoms with Gasteiger partial charge in [0.2, 0.25) is 5.91 Å². The van der Waals surface area contributed by atoms with Crippen LogP contribution in [0.15, 0.2) is 30.5 Å². The molecule has 0 bridgehead atoms. The van der Waals surface area contributed by atoms with Crippen LogP contribution in [-0.4, -0.2) is 42.1 Å². The summed E-state index contributed by atoms with van der Waals surface area (Å²) < 4.78 is 5.08. The lowest BCUT2D eigenvalue weighted by molar-refractivity contribution is -0.129. The van der Waals surface area contributed by atoms with Gasteiger partial charge in [0, 0.05) is 55.4 Å². The number of aromatic amines is 1. The van der Waals surface area contributed by atoms with E-state index in [2.05, 4.69) is 11.1 Å². The minimum absolute atomic E-state index is 0.0505. The molecule has 1 aliphatic heterocycles. The van der Waals surface area contributed by atoms with Gasteiger partial charge in [-0.2, -0.15) is 0 Å². The first-order valence-electron chi connectivity index (χ1n) is 7.32. The van der Waals surface area contributed by atoms with Crippen molar-refractivity contribution in [3.8, 4) is 0 Å². The molecule has 1 fully saturated rings. The van der Waals surface area contributed by atoms with Gasteiger partial charge in [0.1, 0.15) is 0 Å². The number of H-pyrrole nitrogens is 1. The zero-order chi connectivity index (χ0) is 14.8. The molecule has 1 aliphatic rings. The molecule has 2 unspecified atom stereocenters. The van der Waals surface area contributed by atoms with E-state index in [1.54, 1.807) is 7.11 Å². The van der Waals surface area contributed by atoms with Crippen LogP contribution in [0.25, 0.3) is 10.9 Å². The van der Waals surface area contributed by atoms with Gasteiger partial charge in [0.15, 0.2) is 0 Å². The maximum atomic E-state index is 12.2. The average Bonchev–Trinajstić information content (AvgIpc) is 3.01. The van der Waals surface area contributed by atoms with Gasteiger partial charge in [-0.1, -0.05) is 18.2 Å². The molecule has 2 aromatic rings. The SMILES string of the molecule is COCCCN1C(=O)CC(N)C1c1c[nH]c2ccccc12. The first-order valence-corrected chi connectivity index (χ1v) is 7.32. The van der Waals surface area contributed by atoms with Crippen LogP contribution in [-0.2, 0) is 9.53 Å². The molecule has 1 aromatic carbocycles. The number of ether oxygens (including phenoxy) is 1. The van der Waals surface area contributed by atoms with Crippen LogP contribution in [0.1, 0.15) is 24.4 Å². The van der Waals surface area contributed by atoms with E-state index in [4.69, 9.17) is 10.5 Å². The standard InChI is InChI=1S/C16H21N3O2/c1-21-8-4-7-19-15(20)9-13(17)16(19)12-10-18-14-6-3-2-5-11(12)14/h2-3,5-6,10,13,16,18H,4,7-9,17H2,1H3. The Morgan fingerprint density at radius 2 is 2.24 bits per heavy atom. The lowest BCUT2D eigenvalue weighted by Crippen LogP contribution is -2.34. The molecule has 1 aromatic heterocycles. The summed E-state index contributed by atoms with van der Waals surface area (Å²) in [6, 6.07) is 7.92. The van der Waals surface area contributed by atoms with Gasteiger partial charge in [0.25, 0.3) is 0 Å². The van der Waals surface area contributed by atoms with E-state index in [0.29, 0.717) is 19.6 Å². The van der Waals surface area contributed by atoms with Crippen molar-refractivity contribution < 1.29 is 9.53 Å². The third kappa shape index (κ3) is 2.54. The summed E-state index contributed by atoms with van der Waals surface area (Å²) in [4.78, 5) is 17.4. The van der Waals surface area contributed by atoms with Gasteiger partial charge in [-0.05, 0) is 12.5 Å². The fourth-order valence-corrected chi connectivity index (χ4v) is 3.20. The summed E-state index contributed by atoms with van der Waals surface area (Å²) in [7, 11) is 1.68. The molecule has 5 nitrogen and oxygen atoms in total. The number of likely N-dealkylation sites (tertiary alicyclic amines) is 1. The molecule has 5 heteroatoms. The Hall–Kier alpha value is -1.85. The van der Waals surface area contributed by atoms with Crippen molar-refractivity contribution in [1.29, 1.82) is 0 Å². The number of hydrogen-bond donors (Lipinski definition) is 2. The number of aromatic nitrogens is 1. The van der Waals surface area contributed by atoms with Crippen LogP contribution in [0.2, 0.25) is 0 Å².